The summed E-state index contributed by atoms with van der Waals surface area (Å²) in [5.41, 5.74) is 0.582. The fourth-order valence-corrected chi connectivity index (χ4v) is 3.85. The number of nitrogens with one attached hydrogen (secondary N) is 3. The quantitative estimate of drug-likeness (QED) is 0.271. The Kier molecular flexibility index (Phi) is 10.0. The van der Waals surface area contributed by atoms with E-state index in [-0.39, 0.29) is 24.0 Å². The number of carbonyl (C=O) groups excluding carboxylic acids is 2. The molecule has 188 valence electrons. The molecule has 0 aliphatic rings. The molecule has 1 heterocycles. The molecular weight excluding hydrogens is 464 g/mol. The number of benzene rings is 1. The number of amides is 2. The van der Waals surface area contributed by atoms with Crippen molar-refractivity contribution in [2.24, 2.45) is 0 Å². The average molecular weight is 497 g/mol. The van der Waals surface area contributed by atoms with Gasteiger partial charge >= 0.3 is 6.01 Å². The second kappa shape index (κ2) is 12.5. The highest BCUT2D eigenvalue weighted by Crippen LogP contribution is 2.16. The van der Waals surface area contributed by atoms with Crippen LogP contribution in [0.25, 0.3) is 0 Å². The van der Waals surface area contributed by atoms with Crippen LogP contribution in [0, 0.1) is 0 Å². The highest BCUT2D eigenvalue weighted by atomic mass is 32.2. The fraction of sp³-hybridized carbons (Fsp3) is 0.500. The topological polar surface area (TPSA) is 171 Å². The Morgan fingerprint density at radius 3 is 2.32 bits per heavy atom. The third kappa shape index (κ3) is 8.76. The van der Waals surface area contributed by atoms with Crippen molar-refractivity contribution in [1.29, 1.82) is 0 Å². The Morgan fingerprint density at radius 2 is 1.74 bits per heavy atom. The van der Waals surface area contributed by atoms with Crippen LogP contribution < -0.4 is 15.4 Å². The number of oxazole rings is 1. The molecule has 0 aliphatic heterocycles. The third-order valence-electron chi connectivity index (χ3n) is 5.06. The van der Waals surface area contributed by atoms with Gasteiger partial charge in [0.2, 0.25) is 15.9 Å². The van der Waals surface area contributed by atoms with E-state index >= 15 is 0 Å². The van der Waals surface area contributed by atoms with E-state index in [0.29, 0.717) is 6.42 Å². The van der Waals surface area contributed by atoms with Crippen molar-refractivity contribution in [3.63, 3.8) is 0 Å². The van der Waals surface area contributed by atoms with Gasteiger partial charge in [-0.05, 0) is 18.4 Å². The zero-order chi connectivity index (χ0) is 25.3. The van der Waals surface area contributed by atoms with Gasteiger partial charge < -0.3 is 25.3 Å². The summed E-state index contributed by atoms with van der Waals surface area (Å²) in [5, 5.41) is 27.2. The maximum atomic E-state index is 12.8. The second-order valence-electron chi connectivity index (χ2n) is 8.11. The summed E-state index contributed by atoms with van der Waals surface area (Å²) in [6.07, 6.45) is 1.28. The minimum atomic E-state index is -3.65. The van der Waals surface area contributed by atoms with Crippen LogP contribution in [-0.2, 0) is 21.2 Å². The first kappa shape index (κ1) is 27.3. The van der Waals surface area contributed by atoms with Gasteiger partial charge in [-0.2, -0.15) is 4.98 Å². The molecule has 2 rings (SSSR count). The fourth-order valence-electron chi connectivity index (χ4n) is 3.44. The Labute approximate surface area is 199 Å². The van der Waals surface area contributed by atoms with Crippen molar-refractivity contribution < 1.29 is 32.6 Å². The monoisotopic (exact) mass is 496 g/mol. The summed E-state index contributed by atoms with van der Waals surface area (Å²) in [6.45, 7) is 3.30. The minimum absolute atomic E-state index is 0.178. The Hall–Kier alpha value is -2.96. The van der Waals surface area contributed by atoms with Crippen LogP contribution in [0.5, 0.6) is 0 Å². The molecule has 1 aromatic carbocycles. The number of hydrogen-bond donors (Lipinski definition) is 5. The molecule has 12 heteroatoms. The van der Waals surface area contributed by atoms with E-state index in [2.05, 4.69) is 15.6 Å². The molecule has 5 N–H and O–H groups in total. The number of aromatic nitrogens is 1. The SMILES string of the molecule is CCCCC(NC(C)=O)C(O)C(O)C(Cc1ccccc1)NC(=O)c1coc(NS(C)(=O)=O)n1. The number of hydrogen-bond acceptors (Lipinski definition) is 8. The molecule has 0 radical (unpaired) electrons. The van der Waals surface area contributed by atoms with E-state index in [9.17, 15) is 28.2 Å². The summed E-state index contributed by atoms with van der Waals surface area (Å²) >= 11 is 0. The minimum Gasteiger partial charge on any atom is -0.431 e. The third-order valence-corrected chi connectivity index (χ3v) is 5.60. The number of sulfonamides is 1. The summed E-state index contributed by atoms with van der Waals surface area (Å²) in [7, 11) is -3.65. The number of unbranched alkanes of at least 4 members (excludes halogenated alkanes) is 1. The van der Waals surface area contributed by atoms with Crippen LogP contribution in [-0.4, -0.2) is 66.0 Å². The Bertz CT molecular complexity index is 1040. The lowest BCUT2D eigenvalue weighted by Gasteiger charge is -2.32. The average Bonchev–Trinajstić information content (AvgIpc) is 3.22. The molecule has 2 aromatic rings. The van der Waals surface area contributed by atoms with Gasteiger partial charge in [0.05, 0.1) is 18.3 Å². The van der Waals surface area contributed by atoms with Crippen LogP contribution in [0.2, 0.25) is 0 Å². The van der Waals surface area contributed by atoms with Crippen LogP contribution in [0.15, 0.2) is 41.0 Å². The number of rotatable bonds is 13. The van der Waals surface area contributed by atoms with Crippen LogP contribution >= 0.6 is 0 Å². The molecule has 4 unspecified atom stereocenters. The summed E-state index contributed by atoms with van der Waals surface area (Å²) in [5.74, 6) is -1.08. The zero-order valence-corrected chi connectivity index (χ0v) is 20.2. The molecule has 0 saturated heterocycles. The maximum Gasteiger partial charge on any atom is 0.309 e. The number of anilines is 1. The summed E-state index contributed by atoms with van der Waals surface area (Å²) in [4.78, 5) is 28.2. The lowest BCUT2D eigenvalue weighted by molar-refractivity contribution is -0.121. The maximum absolute atomic E-state index is 12.8. The zero-order valence-electron chi connectivity index (χ0n) is 19.4. The molecule has 1 aromatic heterocycles. The first-order valence-corrected chi connectivity index (χ1v) is 12.8. The van der Waals surface area contributed by atoms with E-state index in [1.165, 1.54) is 6.92 Å². The Morgan fingerprint density at radius 1 is 1.09 bits per heavy atom. The Balaban J connectivity index is 2.24. The molecule has 0 spiro atoms. The molecule has 34 heavy (non-hydrogen) atoms. The van der Waals surface area contributed by atoms with Crippen molar-refractivity contribution in [2.45, 2.75) is 63.8 Å². The number of aliphatic hydroxyl groups excluding tert-OH is 2. The van der Waals surface area contributed by atoms with Crippen LogP contribution in [0.4, 0.5) is 6.01 Å². The molecule has 2 amide bonds. The van der Waals surface area contributed by atoms with Gasteiger partial charge in [0, 0.05) is 6.92 Å². The lowest BCUT2D eigenvalue weighted by Crippen LogP contribution is -2.56. The number of carbonyl (C=O) groups is 2. The number of nitrogens with zero attached hydrogens (tertiary/aromatic N) is 1. The van der Waals surface area contributed by atoms with E-state index < -0.39 is 40.2 Å². The first-order valence-electron chi connectivity index (χ1n) is 10.9. The van der Waals surface area contributed by atoms with Gasteiger partial charge in [-0.15, -0.1) is 0 Å². The van der Waals surface area contributed by atoms with Gasteiger partial charge in [0.15, 0.2) is 5.69 Å². The van der Waals surface area contributed by atoms with E-state index in [1.807, 2.05) is 29.8 Å². The molecular formula is C22H32N4O7S. The van der Waals surface area contributed by atoms with E-state index in [1.54, 1.807) is 12.1 Å². The molecule has 11 nitrogen and oxygen atoms in total. The molecule has 0 fully saturated rings. The smallest absolute Gasteiger partial charge is 0.309 e. The van der Waals surface area contributed by atoms with Crippen molar-refractivity contribution in [1.82, 2.24) is 15.6 Å². The van der Waals surface area contributed by atoms with Crippen molar-refractivity contribution >= 4 is 27.9 Å². The van der Waals surface area contributed by atoms with Gasteiger partial charge in [-0.3, -0.25) is 9.59 Å². The standard InChI is InChI=1S/C22H32N4O7S/c1-4-5-11-16(23-14(2)27)19(28)20(29)17(12-15-9-7-6-8-10-15)24-21(30)18-13-33-22(25-18)26-34(3,31)32/h6-10,13,16-17,19-20,28-29H,4-5,11-12H2,1-3H3,(H,23,27)(H,24,30)(H,25,26). The highest BCUT2D eigenvalue weighted by molar-refractivity contribution is 7.91. The van der Waals surface area contributed by atoms with Gasteiger partial charge in [0.1, 0.15) is 18.5 Å². The predicted octanol–water partition coefficient (Wildman–Crippen LogP) is 0.804. The molecule has 4 atom stereocenters. The van der Waals surface area contributed by atoms with Crippen molar-refractivity contribution in [3.8, 4) is 0 Å². The van der Waals surface area contributed by atoms with Gasteiger partial charge in [-0.25, -0.2) is 13.1 Å². The van der Waals surface area contributed by atoms with Crippen LogP contribution in [0.1, 0.15) is 49.2 Å². The van der Waals surface area contributed by atoms with E-state index in [0.717, 1.165) is 30.9 Å². The van der Waals surface area contributed by atoms with Gasteiger partial charge in [-0.1, -0.05) is 50.1 Å². The second-order valence-corrected chi connectivity index (χ2v) is 9.86. The van der Waals surface area contributed by atoms with Gasteiger partial charge in [0.25, 0.3) is 5.91 Å². The van der Waals surface area contributed by atoms with Crippen LogP contribution in [0.3, 0.4) is 0 Å². The first-order chi connectivity index (χ1) is 16.0. The largest absolute Gasteiger partial charge is 0.431 e. The molecule has 0 aliphatic carbocycles. The van der Waals surface area contributed by atoms with E-state index in [4.69, 9.17) is 4.42 Å². The summed E-state index contributed by atoms with van der Waals surface area (Å²) < 4.78 is 29.7. The van der Waals surface area contributed by atoms with Crippen molar-refractivity contribution in [3.05, 3.63) is 47.9 Å². The lowest BCUT2D eigenvalue weighted by atomic mass is 9.91. The summed E-state index contributed by atoms with van der Waals surface area (Å²) in [6, 6.07) is 7.02. The predicted molar refractivity (Wildman–Crippen MR) is 126 cm³/mol. The van der Waals surface area contributed by atoms with Crippen molar-refractivity contribution in [2.75, 3.05) is 11.0 Å². The molecule has 0 saturated carbocycles. The highest BCUT2D eigenvalue weighted by Gasteiger charge is 2.34. The number of aliphatic hydroxyl groups is 2. The normalized spacial score (nSPS) is 15.1. The molecule has 0 bridgehead atoms.